The number of fused-ring (bicyclic) bond motifs is 12. The molecule has 0 N–H and O–H groups in total. The van der Waals surface area contributed by atoms with E-state index in [0.717, 1.165) is 93.6 Å². The maximum atomic E-state index is 6.63. The molecule has 0 bridgehead atoms. The highest BCUT2D eigenvalue weighted by atomic mass is 16.3. The van der Waals surface area contributed by atoms with E-state index < -0.39 is 0 Å². The van der Waals surface area contributed by atoms with Gasteiger partial charge < -0.3 is 8.83 Å². The normalized spacial score (nSPS) is 12.1. The largest absolute Gasteiger partial charge is 0.456 e. The van der Waals surface area contributed by atoms with Gasteiger partial charge in [0.25, 0.3) is 0 Å². The first-order valence-corrected chi connectivity index (χ1v) is 15.2. The summed E-state index contributed by atoms with van der Waals surface area (Å²) in [5, 5.41) is 8.82. The minimum absolute atomic E-state index is 0.831. The summed E-state index contributed by atoms with van der Waals surface area (Å²) in [5.41, 5.74) is 10.3. The highest BCUT2D eigenvalue weighted by molar-refractivity contribution is 6.24. The summed E-state index contributed by atoms with van der Waals surface area (Å²) in [4.78, 5) is 10.3. The average Bonchev–Trinajstić information content (AvgIpc) is 3.65. The van der Waals surface area contributed by atoms with E-state index in [9.17, 15) is 0 Å². The second kappa shape index (κ2) is 9.01. The van der Waals surface area contributed by atoms with Crippen molar-refractivity contribution in [1.82, 2.24) is 9.97 Å². The van der Waals surface area contributed by atoms with Crippen molar-refractivity contribution in [2.24, 2.45) is 0 Å². The number of hydrogen-bond donors (Lipinski definition) is 0. The minimum atomic E-state index is 0.831. The molecule has 45 heavy (non-hydrogen) atoms. The summed E-state index contributed by atoms with van der Waals surface area (Å²) in [6, 6.07) is 42.1. The molecule has 210 valence electrons. The van der Waals surface area contributed by atoms with Crippen molar-refractivity contribution in [2.45, 2.75) is 6.92 Å². The number of furan rings is 2. The monoisotopic (exact) mass is 576 g/mol. The Morgan fingerprint density at radius 3 is 1.84 bits per heavy atom. The van der Waals surface area contributed by atoms with E-state index in [2.05, 4.69) is 104 Å². The van der Waals surface area contributed by atoms with E-state index in [-0.39, 0.29) is 0 Å². The molecule has 0 aliphatic rings. The smallest absolute Gasteiger partial charge is 0.144 e. The lowest BCUT2D eigenvalue weighted by atomic mass is 9.93. The summed E-state index contributed by atoms with van der Waals surface area (Å²) in [6.07, 6.45) is 1.91. The third kappa shape index (κ3) is 3.48. The zero-order valence-electron chi connectivity index (χ0n) is 24.3. The van der Waals surface area contributed by atoms with Crippen LogP contribution in [0.1, 0.15) is 5.56 Å². The number of aryl methyl sites for hydroxylation is 1. The lowest BCUT2D eigenvalue weighted by molar-refractivity contribution is 0.664. The summed E-state index contributed by atoms with van der Waals surface area (Å²) in [7, 11) is 0. The van der Waals surface area contributed by atoms with Gasteiger partial charge in [-0.3, -0.25) is 4.98 Å². The van der Waals surface area contributed by atoms with Gasteiger partial charge in [0.15, 0.2) is 0 Å². The average molecular weight is 577 g/mol. The van der Waals surface area contributed by atoms with Crippen LogP contribution in [0.5, 0.6) is 0 Å². The quantitative estimate of drug-likeness (QED) is 0.192. The van der Waals surface area contributed by atoms with Crippen molar-refractivity contribution in [3.05, 3.63) is 133 Å². The van der Waals surface area contributed by atoms with Crippen LogP contribution in [0.4, 0.5) is 0 Å². The molecule has 0 fully saturated rings. The first-order chi connectivity index (χ1) is 22.2. The molecule has 4 nitrogen and oxygen atoms in total. The van der Waals surface area contributed by atoms with E-state index in [4.69, 9.17) is 18.8 Å². The molecule has 0 aliphatic carbocycles. The first kappa shape index (κ1) is 24.4. The van der Waals surface area contributed by atoms with Gasteiger partial charge in [0.05, 0.1) is 22.9 Å². The fraction of sp³-hybridized carbons (Fsp3) is 0.0244. The number of benzene rings is 7. The van der Waals surface area contributed by atoms with Crippen LogP contribution in [0.25, 0.3) is 98.8 Å². The van der Waals surface area contributed by atoms with Crippen LogP contribution >= 0.6 is 0 Å². The van der Waals surface area contributed by atoms with Crippen molar-refractivity contribution in [3.8, 4) is 22.4 Å². The molecule has 10 aromatic rings. The zero-order valence-corrected chi connectivity index (χ0v) is 24.3. The van der Waals surface area contributed by atoms with E-state index >= 15 is 0 Å². The van der Waals surface area contributed by atoms with Crippen LogP contribution in [-0.4, -0.2) is 9.97 Å². The molecule has 4 heteroatoms. The highest BCUT2D eigenvalue weighted by Gasteiger charge is 2.22. The Hall–Kier alpha value is -6.00. The summed E-state index contributed by atoms with van der Waals surface area (Å²) >= 11 is 0. The molecule has 10 rings (SSSR count). The standard InChI is InChI=1S/C41H24N2O2/c1-23-18-24(33-22-42-39-29-13-4-2-10-26(29)27-11-3-5-14-30(27)40(39)43-33)20-25(19-23)37-38-31-15-7-9-17-35(31)44-36(38)21-32-28-12-6-8-16-34(28)45-41(32)37/h2-22H,1H3. The van der Waals surface area contributed by atoms with Gasteiger partial charge in [0.1, 0.15) is 22.3 Å². The maximum Gasteiger partial charge on any atom is 0.144 e. The number of hydrogen-bond acceptors (Lipinski definition) is 4. The molecule has 3 heterocycles. The SMILES string of the molecule is Cc1cc(-c2cnc3c4ccccc4c4ccccc4c3n2)cc(-c2c3oc4ccccc4c3cc3oc4ccccc4c23)c1. The minimum Gasteiger partial charge on any atom is -0.456 e. The number of nitrogens with zero attached hydrogens (tertiary/aromatic N) is 2. The van der Waals surface area contributed by atoms with Crippen LogP contribution in [0, 0.1) is 6.92 Å². The molecule has 0 saturated carbocycles. The van der Waals surface area contributed by atoms with Gasteiger partial charge in [-0.1, -0.05) is 91.0 Å². The fourth-order valence-corrected chi connectivity index (χ4v) is 7.18. The predicted molar refractivity (Wildman–Crippen MR) is 185 cm³/mol. The van der Waals surface area contributed by atoms with E-state index in [1.807, 2.05) is 30.5 Å². The Morgan fingerprint density at radius 2 is 1.09 bits per heavy atom. The van der Waals surface area contributed by atoms with E-state index in [0.29, 0.717) is 0 Å². The molecule has 0 aliphatic heterocycles. The third-order valence-electron chi connectivity index (χ3n) is 9.10. The molecular weight excluding hydrogens is 552 g/mol. The third-order valence-corrected chi connectivity index (χ3v) is 9.10. The summed E-state index contributed by atoms with van der Waals surface area (Å²) in [5.74, 6) is 0. The molecule has 0 radical (unpaired) electrons. The predicted octanol–water partition coefficient (Wildman–Crippen LogP) is 11.4. The molecule has 0 amide bonds. The summed E-state index contributed by atoms with van der Waals surface area (Å²) < 4.78 is 13.1. The molecule has 0 spiro atoms. The van der Waals surface area contributed by atoms with Crippen molar-refractivity contribution in [1.29, 1.82) is 0 Å². The van der Waals surface area contributed by atoms with Crippen LogP contribution in [-0.2, 0) is 0 Å². The number of aromatic nitrogens is 2. The molecular formula is C41H24N2O2. The molecule has 3 aromatic heterocycles. The van der Waals surface area contributed by atoms with Gasteiger partial charge in [-0.25, -0.2) is 4.98 Å². The van der Waals surface area contributed by atoms with Gasteiger partial charge in [-0.15, -0.1) is 0 Å². The van der Waals surface area contributed by atoms with E-state index in [1.54, 1.807) is 0 Å². The van der Waals surface area contributed by atoms with Crippen LogP contribution < -0.4 is 0 Å². The second-order valence-corrected chi connectivity index (χ2v) is 11.8. The van der Waals surface area contributed by atoms with E-state index in [1.165, 1.54) is 10.8 Å². The van der Waals surface area contributed by atoms with Crippen molar-refractivity contribution in [3.63, 3.8) is 0 Å². The first-order valence-electron chi connectivity index (χ1n) is 15.2. The van der Waals surface area contributed by atoms with Gasteiger partial charge in [0, 0.05) is 43.4 Å². The van der Waals surface area contributed by atoms with Crippen molar-refractivity contribution in [2.75, 3.05) is 0 Å². The number of rotatable bonds is 2. The molecule has 7 aromatic carbocycles. The van der Waals surface area contributed by atoms with Crippen molar-refractivity contribution < 1.29 is 8.83 Å². The van der Waals surface area contributed by atoms with Gasteiger partial charge in [-0.2, -0.15) is 0 Å². The topological polar surface area (TPSA) is 52.1 Å². The van der Waals surface area contributed by atoms with Gasteiger partial charge >= 0.3 is 0 Å². The van der Waals surface area contributed by atoms with Gasteiger partial charge in [0.2, 0.25) is 0 Å². The van der Waals surface area contributed by atoms with Crippen LogP contribution in [0.3, 0.4) is 0 Å². The zero-order chi connectivity index (χ0) is 29.6. The van der Waals surface area contributed by atoms with Crippen LogP contribution in [0.15, 0.2) is 136 Å². The van der Waals surface area contributed by atoms with Crippen molar-refractivity contribution >= 4 is 76.5 Å². The second-order valence-electron chi connectivity index (χ2n) is 11.8. The molecule has 0 unspecified atom stereocenters. The maximum absolute atomic E-state index is 6.63. The Balaban J connectivity index is 1.28. The summed E-state index contributed by atoms with van der Waals surface area (Å²) in [6.45, 7) is 2.13. The number of para-hydroxylation sites is 2. The highest BCUT2D eigenvalue weighted by Crippen LogP contribution is 2.45. The fourth-order valence-electron chi connectivity index (χ4n) is 7.18. The lowest BCUT2D eigenvalue weighted by Crippen LogP contribution is -1.93. The molecule has 0 atom stereocenters. The Kier molecular flexibility index (Phi) is 4.89. The Bertz CT molecular complexity index is 2800. The lowest BCUT2D eigenvalue weighted by Gasteiger charge is -2.12. The Morgan fingerprint density at radius 1 is 0.489 bits per heavy atom. The Labute approximate surface area is 257 Å². The molecule has 0 saturated heterocycles. The van der Waals surface area contributed by atoms with Crippen LogP contribution in [0.2, 0.25) is 0 Å². The van der Waals surface area contributed by atoms with Gasteiger partial charge in [-0.05, 0) is 59.2 Å².